The Balaban J connectivity index is 1.73. The van der Waals surface area contributed by atoms with Crippen LogP contribution in [0.15, 0.2) is 58.5 Å². The molecule has 0 radical (unpaired) electrons. The first-order valence-corrected chi connectivity index (χ1v) is 10.6. The smallest absolute Gasteiger partial charge is 0.279 e. The topological polar surface area (TPSA) is 64.0 Å². The van der Waals surface area contributed by atoms with E-state index in [9.17, 15) is 9.59 Å². The van der Waals surface area contributed by atoms with Gasteiger partial charge in [-0.3, -0.25) is 9.59 Å². The van der Waals surface area contributed by atoms with Crippen molar-refractivity contribution in [3.63, 3.8) is 0 Å². The molecular weight excluding hydrogens is 406 g/mol. The van der Waals surface area contributed by atoms with Gasteiger partial charge in [-0.05, 0) is 24.1 Å². The molecule has 1 aliphatic rings. The van der Waals surface area contributed by atoms with Crippen molar-refractivity contribution in [1.82, 2.24) is 9.55 Å². The largest absolute Gasteiger partial charge is 0.312 e. The van der Waals surface area contributed by atoms with Crippen LogP contribution in [0.3, 0.4) is 0 Å². The summed E-state index contributed by atoms with van der Waals surface area (Å²) in [5, 5.41) is 3.97. The molecule has 3 aromatic rings. The first-order chi connectivity index (χ1) is 13.9. The Bertz CT molecular complexity index is 1160. The standard InChI is InChI=1S/C22H20ClN3O2S/c1-13-6-5-7-14(10-13)12-29-22-25-21(28)19-16(15-8-3-4-9-17(15)23)11-18(27)24-20(19)26(22)2/h3-10,16H,11-12H2,1-2H3,(H,24,27). The number of aryl methyl sites for hydroxylation is 1. The third-order valence-electron chi connectivity index (χ3n) is 5.03. The molecule has 0 bridgehead atoms. The average Bonchev–Trinajstić information content (AvgIpc) is 2.69. The van der Waals surface area contributed by atoms with Gasteiger partial charge in [0, 0.05) is 30.2 Å². The molecule has 29 heavy (non-hydrogen) atoms. The third-order valence-corrected chi connectivity index (χ3v) is 6.48. The molecule has 0 aliphatic carbocycles. The molecule has 7 heteroatoms. The maximum absolute atomic E-state index is 13.0. The van der Waals surface area contributed by atoms with Crippen molar-refractivity contribution >= 4 is 35.1 Å². The Morgan fingerprint density at radius 3 is 2.76 bits per heavy atom. The van der Waals surface area contributed by atoms with E-state index in [4.69, 9.17) is 11.6 Å². The SMILES string of the molecule is Cc1cccc(CSc2nc(=O)c3c(n2C)NC(=O)CC3c2ccccc2Cl)c1. The number of rotatable bonds is 4. The Morgan fingerprint density at radius 1 is 1.21 bits per heavy atom. The fraction of sp³-hybridized carbons (Fsp3) is 0.227. The second-order valence-electron chi connectivity index (χ2n) is 7.12. The van der Waals surface area contributed by atoms with Gasteiger partial charge < -0.3 is 9.88 Å². The van der Waals surface area contributed by atoms with Crippen LogP contribution in [-0.4, -0.2) is 15.5 Å². The zero-order valence-electron chi connectivity index (χ0n) is 16.1. The normalized spacial score (nSPS) is 15.7. The second kappa shape index (κ2) is 8.05. The van der Waals surface area contributed by atoms with Gasteiger partial charge in [-0.25, -0.2) is 0 Å². The molecule has 0 saturated carbocycles. The number of amides is 1. The summed E-state index contributed by atoms with van der Waals surface area (Å²) in [6, 6.07) is 15.5. The van der Waals surface area contributed by atoms with Crippen LogP contribution in [0.4, 0.5) is 5.82 Å². The van der Waals surface area contributed by atoms with Gasteiger partial charge in [0.1, 0.15) is 5.82 Å². The molecule has 148 valence electrons. The van der Waals surface area contributed by atoms with Gasteiger partial charge in [-0.1, -0.05) is 71.4 Å². The summed E-state index contributed by atoms with van der Waals surface area (Å²) in [6.07, 6.45) is 0.170. The van der Waals surface area contributed by atoms with Gasteiger partial charge in [-0.2, -0.15) is 4.98 Å². The van der Waals surface area contributed by atoms with Crippen LogP contribution in [0, 0.1) is 6.92 Å². The number of benzene rings is 2. The van der Waals surface area contributed by atoms with E-state index in [1.54, 1.807) is 10.6 Å². The van der Waals surface area contributed by atoms with Crippen molar-refractivity contribution < 1.29 is 4.79 Å². The monoisotopic (exact) mass is 425 g/mol. The van der Waals surface area contributed by atoms with E-state index in [1.165, 1.54) is 17.3 Å². The summed E-state index contributed by atoms with van der Waals surface area (Å²) in [6.45, 7) is 2.05. The number of carbonyl (C=O) groups excluding carboxylic acids is 1. The van der Waals surface area contributed by atoms with Crippen LogP contribution in [0.25, 0.3) is 0 Å². The predicted molar refractivity (Wildman–Crippen MR) is 117 cm³/mol. The Morgan fingerprint density at radius 2 is 2.00 bits per heavy atom. The molecule has 0 saturated heterocycles. The van der Waals surface area contributed by atoms with Crippen LogP contribution >= 0.6 is 23.4 Å². The van der Waals surface area contributed by atoms with Crippen LogP contribution < -0.4 is 10.9 Å². The van der Waals surface area contributed by atoms with Gasteiger partial charge in [0.15, 0.2) is 5.16 Å². The Labute approximate surface area is 178 Å². The average molecular weight is 426 g/mol. The van der Waals surface area contributed by atoms with Gasteiger partial charge >= 0.3 is 0 Å². The molecule has 1 aromatic heterocycles. The molecule has 1 unspecified atom stereocenters. The minimum atomic E-state index is -0.408. The zero-order valence-corrected chi connectivity index (χ0v) is 17.7. The van der Waals surface area contributed by atoms with Gasteiger partial charge in [0.25, 0.3) is 5.56 Å². The van der Waals surface area contributed by atoms with Gasteiger partial charge in [-0.15, -0.1) is 0 Å². The van der Waals surface area contributed by atoms with E-state index in [0.29, 0.717) is 27.3 Å². The molecule has 0 fully saturated rings. The molecule has 4 rings (SSSR count). The number of hydrogen-bond donors (Lipinski definition) is 1. The van der Waals surface area contributed by atoms with E-state index in [0.717, 1.165) is 11.1 Å². The van der Waals surface area contributed by atoms with Crippen LogP contribution in [-0.2, 0) is 17.6 Å². The van der Waals surface area contributed by atoms with Gasteiger partial charge in [0.05, 0.1) is 5.56 Å². The number of aromatic nitrogens is 2. The zero-order chi connectivity index (χ0) is 20.5. The first-order valence-electron chi connectivity index (χ1n) is 9.27. The second-order valence-corrected chi connectivity index (χ2v) is 8.47. The Hall–Kier alpha value is -2.57. The number of carbonyl (C=O) groups is 1. The maximum Gasteiger partial charge on any atom is 0.279 e. The number of anilines is 1. The number of nitrogens with one attached hydrogen (secondary N) is 1. The number of fused-ring (bicyclic) bond motifs is 1. The van der Waals surface area contributed by atoms with E-state index in [2.05, 4.69) is 16.4 Å². The molecule has 0 spiro atoms. The first kappa shape index (κ1) is 19.7. The van der Waals surface area contributed by atoms with Crippen molar-refractivity contribution in [2.75, 3.05) is 5.32 Å². The molecule has 2 heterocycles. The minimum Gasteiger partial charge on any atom is -0.312 e. The van der Waals surface area contributed by atoms with Crippen molar-refractivity contribution in [2.45, 2.75) is 30.2 Å². The van der Waals surface area contributed by atoms with Crippen LogP contribution in [0.1, 0.15) is 34.6 Å². The fourth-order valence-electron chi connectivity index (χ4n) is 3.64. The predicted octanol–water partition coefficient (Wildman–Crippen LogP) is 4.51. The van der Waals surface area contributed by atoms with Crippen molar-refractivity contribution in [2.24, 2.45) is 7.05 Å². The minimum absolute atomic E-state index is 0.141. The van der Waals surface area contributed by atoms with Crippen molar-refractivity contribution in [3.8, 4) is 0 Å². The lowest BCUT2D eigenvalue weighted by Crippen LogP contribution is -2.33. The van der Waals surface area contributed by atoms with E-state index in [-0.39, 0.29) is 17.9 Å². The summed E-state index contributed by atoms with van der Waals surface area (Å²) in [7, 11) is 1.82. The molecule has 1 N–H and O–H groups in total. The molecular formula is C22H20ClN3O2S. The van der Waals surface area contributed by atoms with Crippen LogP contribution in [0.5, 0.6) is 0 Å². The molecule has 5 nitrogen and oxygen atoms in total. The van der Waals surface area contributed by atoms with Crippen molar-refractivity contribution in [1.29, 1.82) is 0 Å². The lowest BCUT2D eigenvalue weighted by Gasteiger charge is -2.28. The van der Waals surface area contributed by atoms with E-state index >= 15 is 0 Å². The molecule has 1 atom stereocenters. The number of nitrogens with zero attached hydrogens (tertiary/aromatic N) is 2. The van der Waals surface area contributed by atoms with Crippen molar-refractivity contribution in [3.05, 3.63) is 86.2 Å². The summed E-state index contributed by atoms with van der Waals surface area (Å²) >= 11 is 7.83. The summed E-state index contributed by atoms with van der Waals surface area (Å²) in [4.78, 5) is 29.7. The third kappa shape index (κ3) is 3.95. The quantitative estimate of drug-likeness (QED) is 0.493. The Kier molecular flexibility index (Phi) is 5.48. The maximum atomic E-state index is 13.0. The molecule has 1 amide bonds. The van der Waals surface area contributed by atoms with Gasteiger partial charge in [0.2, 0.25) is 5.91 Å². The highest BCUT2D eigenvalue weighted by Crippen LogP contribution is 2.38. The highest BCUT2D eigenvalue weighted by molar-refractivity contribution is 7.98. The number of thioether (sulfide) groups is 1. The van der Waals surface area contributed by atoms with E-state index in [1.807, 2.05) is 50.4 Å². The summed E-state index contributed by atoms with van der Waals surface area (Å²) in [5.41, 5.74) is 3.27. The highest BCUT2D eigenvalue weighted by atomic mass is 35.5. The fourth-order valence-corrected chi connectivity index (χ4v) is 4.81. The highest BCUT2D eigenvalue weighted by Gasteiger charge is 2.33. The van der Waals surface area contributed by atoms with Crippen LogP contribution in [0.2, 0.25) is 5.02 Å². The summed E-state index contributed by atoms with van der Waals surface area (Å²) in [5.74, 6) is 0.633. The van der Waals surface area contributed by atoms with E-state index < -0.39 is 5.92 Å². The lowest BCUT2D eigenvalue weighted by atomic mass is 9.87. The number of halogens is 1. The number of hydrogen-bond acceptors (Lipinski definition) is 4. The molecule has 1 aliphatic heterocycles. The summed E-state index contributed by atoms with van der Waals surface area (Å²) < 4.78 is 1.79. The molecule has 2 aromatic carbocycles. The lowest BCUT2D eigenvalue weighted by molar-refractivity contribution is -0.116.